The fourth-order valence-corrected chi connectivity index (χ4v) is 5.60. The number of hydrogen-bond donors (Lipinski definition) is 0. The molecule has 31 heavy (non-hydrogen) atoms. The Bertz CT molecular complexity index is 1150. The van der Waals surface area contributed by atoms with Gasteiger partial charge in [0, 0.05) is 17.1 Å². The topological polar surface area (TPSA) is 3.24 Å². The van der Waals surface area contributed by atoms with Crippen molar-refractivity contribution in [3.05, 3.63) is 121 Å². The molecule has 2 unspecified atom stereocenters. The molecule has 1 nitrogen and oxygen atoms in total. The molecular formula is C30H29N. The van der Waals surface area contributed by atoms with Gasteiger partial charge in [0.15, 0.2) is 0 Å². The van der Waals surface area contributed by atoms with Crippen molar-refractivity contribution in [3.8, 4) is 11.1 Å². The number of anilines is 2. The Labute approximate surface area is 186 Å². The predicted octanol–water partition coefficient (Wildman–Crippen LogP) is 8.42. The highest BCUT2D eigenvalue weighted by molar-refractivity contribution is 5.74. The minimum atomic E-state index is 0.783. The number of benzene rings is 3. The summed E-state index contributed by atoms with van der Waals surface area (Å²) in [6.07, 6.45) is 9.79. The zero-order chi connectivity index (χ0) is 21.4. The van der Waals surface area contributed by atoms with E-state index in [4.69, 9.17) is 0 Å². The number of aryl methyl sites for hydroxylation is 1. The van der Waals surface area contributed by atoms with Gasteiger partial charge in [-0.25, -0.2) is 0 Å². The van der Waals surface area contributed by atoms with Crippen LogP contribution in [0.1, 0.15) is 47.8 Å². The van der Waals surface area contributed by atoms with Crippen LogP contribution in [0.2, 0.25) is 0 Å². The molecule has 1 heteroatoms. The van der Waals surface area contributed by atoms with Crippen molar-refractivity contribution in [2.24, 2.45) is 0 Å². The Morgan fingerprint density at radius 3 is 2.29 bits per heavy atom. The molecule has 2 aliphatic carbocycles. The maximum absolute atomic E-state index is 4.02. The molecule has 1 saturated carbocycles. The monoisotopic (exact) mass is 403 g/mol. The second-order valence-electron chi connectivity index (χ2n) is 8.75. The molecule has 3 aromatic rings. The molecule has 0 amide bonds. The lowest BCUT2D eigenvalue weighted by molar-refractivity contribution is 0.714. The van der Waals surface area contributed by atoms with E-state index in [1.54, 1.807) is 11.1 Å². The summed E-state index contributed by atoms with van der Waals surface area (Å²) in [6.45, 7) is 10.2. The van der Waals surface area contributed by atoms with Gasteiger partial charge in [-0.15, -0.1) is 0 Å². The largest absolute Gasteiger partial charge is 0.311 e. The molecule has 0 radical (unpaired) electrons. The van der Waals surface area contributed by atoms with E-state index >= 15 is 0 Å². The van der Waals surface area contributed by atoms with Crippen molar-refractivity contribution in [2.75, 3.05) is 4.90 Å². The minimum absolute atomic E-state index is 0.783. The predicted molar refractivity (Wildman–Crippen MR) is 133 cm³/mol. The van der Waals surface area contributed by atoms with Gasteiger partial charge >= 0.3 is 0 Å². The molecule has 0 aliphatic heterocycles. The van der Waals surface area contributed by atoms with Crippen LogP contribution in [0.25, 0.3) is 11.1 Å². The van der Waals surface area contributed by atoms with Crippen LogP contribution in [-0.2, 0) is 0 Å². The van der Waals surface area contributed by atoms with E-state index in [0.29, 0.717) is 0 Å². The lowest BCUT2D eigenvalue weighted by Crippen LogP contribution is -2.14. The van der Waals surface area contributed by atoms with E-state index < -0.39 is 0 Å². The van der Waals surface area contributed by atoms with E-state index in [-0.39, 0.29) is 0 Å². The molecule has 2 atom stereocenters. The number of nitrogens with zero attached hydrogens (tertiary/aromatic N) is 1. The standard InChI is InChI=1S/C30H29N/c1-4-9-26(5-2)31(27-10-7-6-8-11-27)28-16-14-22(15-17-28)25-18-21(3)30-24-13-12-23(19-24)29(30)20-25/h4-11,14-18,20,23-24H,1-2,12-13,19H2,3H3/b26-9+. The van der Waals surface area contributed by atoms with Gasteiger partial charge in [-0.05, 0) is 102 Å². The summed E-state index contributed by atoms with van der Waals surface area (Å²) >= 11 is 0. The van der Waals surface area contributed by atoms with E-state index in [1.165, 1.54) is 36.0 Å². The highest BCUT2D eigenvalue weighted by Gasteiger charge is 2.37. The first kappa shape index (κ1) is 19.6. The van der Waals surface area contributed by atoms with Crippen molar-refractivity contribution < 1.29 is 0 Å². The fraction of sp³-hybridized carbons (Fsp3) is 0.200. The van der Waals surface area contributed by atoms with Crippen LogP contribution in [0.5, 0.6) is 0 Å². The third kappa shape index (κ3) is 3.45. The van der Waals surface area contributed by atoms with E-state index in [9.17, 15) is 0 Å². The first-order valence-corrected chi connectivity index (χ1v) is 11.2. The van der Waals surface area contributed by atoms with Crippen molar-refractivity contribution in [1.82, 2.24) is 0 Å². The molecule has 0 aromatic heterocycles. The minimum Gasteiger partial charge on any atom is -0.311 e. The lowest BCUT2D eigenvalue weighted by atomic mass is 9.86. The van der Waals surface area contributed by atoms with Crippen molar-refractivity contribution >= 4 is 11.4 Å². The fourth-order valence-electron chi connectivity index (χ4n) is 5.60. The van der Waals surface area contributed by atoms with Gasteiger partial charge in [-0.2, -0.15) is 0 Å². The quantitative estimate of drug-likeness (QED) is 0.373. The summed E-state index contributed by atoms with van der Waals surface area (Å²) in [5.74, 6) is 1.59. The molecule has 5 rings (SSSR count). The average Bonchev–Trinajstić information content (AvgIpc) is 3.42. The lowest BCUT2D eigenvalue weighted by Gasteiger charge is -2.26. The summed E-state index contributed by atoms with van der Waals surface area (Å²) in [5.41, 5.74) is 10.6. The number of hydrogen-bond acceptors (Lipinski definition) is 1. The summed E-state index contributed by atoms with van der Waals surface area (Å²) in [6, 6.07) is 24.1. The van der Waals surface area contributed by atoms with Gasteiger partial charge in [-0.3, -0.25) is 0 Å². The highest BCUT2D eigenvalue weighted by Crippen LogP contribution is 2.54. The van der Waals surface area contributed by atoms with Crippen molar-refractivity contribution in [1.29, 1.82) is 0 Å². The summed E-state index contributed by atoms with van der Waals surface area (Å²) in [4.78, 5) is 2.21. The van der Waals surface area contributed by atoms with Gasteiger partial charge < -0.3 is 4.90 Å². The molecule has 0 heterocycles. The number of rotatable bonds is 6. The molecule has 0 N–H and O–H groups in total. The molecule has 154 valence electrons. The van der Waals surface area contributed by atoms with Crippen molar-refractivity contribution in [2.45, 2.75) is 38.0 Å². The van der Waals surface area contributed by atoms with Crippen LogP contribution in [0.4, 0.5) is 11.4 Å². The molecule has 3 aromatic carbocycles. The Balaban J connectivity index is 1.53. The maximum Gasteiger partial charge on any atom is 0.0462 e. The van der Waals surface area contributed by atoms with Gasteiger partial charge in [0.1, 0.15) is 0 Å². The second kappa shape index (κ2) is 8.07. The molecule has 1 fully saturated rings. The molecular weight excluding hydrogens is 374 g/mol. The molecule has 2 bridgehead atoms. The SMILES string of the molecule is C=C/C=C(\C=C)N(c1ccccc1)c1ccc(-c2cc(C)c3c(c2)C2CCC3C2)cc1. The van der Waals surface area contributed by atoms with E-state index in [1.807, 2.05) is 24.3 Å². The van der Waals surface area contributed by atoms with Crippen LogP contribution in [0.15, 0.2) is 104 Å². The molecule has 0 saturated heterocycles. The third-order valence-corrected chi connectivity index (χ3v) is 6.93. The van der Waals surface area contributed by atoms with Gasteiger partial charge in [-0.1, -0.05) is 61.7 Å². The van der Waals surface area contributed by atoms with Crippen molar-refractivity contribution in [3.63, 3.8) is 0 Å². The van der Waals surface area contributed by atoms with Crippen LogP contribution < -0.4 is 4.90 Å². The third-order valence-electron chi connectivity index (χ3n) is 6.93. The van der Waals surface area contributed by atoms with Crippen LogP contribution >= 0.6 is 0 Å². The Kier molecular flexibility index (Phi) is 5.11. The van der Waals surface area contributed by atoms with E-state index in [2.05, 4.69) is 85.6 Å². The van der Waals surface area contributed by atoms with Gasteiger partial charge in [0.25, 0.3) is 0 Å². The second-order valence-corrected chi connectivity index (χ2v) is 8.75. The van der Waals surface area contributed by atoms with Crippen LogP contribution in [-0.4, -0.2) is 0 Å². The maximum atomic E-state index is 4.02. The Morgan fingerprint density at radius 1 is 0.871 bits per heavy atom. The summed E-state index contributed by atoms with van der Waals surface area (Å²) in [5, 5.41) is 0. The van der Waals surface area contributed by atoms with Gasteiger partial charge in [0.2, 0.25) is 0 Å². The van der Waals surface area contributed by atoms with Crippen LogP contribution in [0, 0.1) is 6.92 Å². The number of fused-ring (bicyclic) bond motifs is 5. The Hall–Kier alpha value is -3.32. The first-order chi connectivity index (χ1) is 15.2. The van der Waals surface area contributed by atoms with Gasteiger partial charge in [0.05, 0.1) is 0 Å². The zero-order valence-corrected chi connectivity index (χ0v) is 18.2. The zero-order valence-electron chi connectivity index (χ0n) is 18.2. The summed E-state index contributed by atoms with van der Waals surface area (Å²) < 4.78 is 0. The average molecular weight is 404 g/mol. The number of para-hydroxylation sites is 1. The molecule has 2 aliphatic rings. The Morgan fingerprint density at radius 2 is 1.58 bits per heavy atom. The van der Waals surface area contributed by atoms with Crippen LogP contribution in [0.3, 0.4) is 0 Å². The smallest absolute Gasteiger partial charge is 0.0462 e. The number of allylic oxidation sites excluding steroid dienone is 3. The normalized spacial score (nSPS) is 19.2. The highest BCUT2D eigenvalue weighted by atomic mass is 15.1. The molecule has 0 spiro atoms. The first-order valence-electron chi connectivity index (χ1n) is 11.2. The van der Waals surface area contributed by atoms with E-state index in [0.717, 1.165) is 28.9 Å². The summed E-state index contributed by atoms with van der Waals surface area (Å²) in [7, 11) is 0.